The summed E-state index contributed by atoms with van der Waals surface area (Å²) in [7, 11) is 0. The Morgan fingerprint density at radius 3 is 2.35 bits per heavy atom. The lowest BCUT2D eigenvalue weighted by molar-refractivity contribution is -0.123. The number of urea groups is 1. The van der Waals surface area contributed by atoms with E-state index in [0.717, 1.165) is 12.8 Å². The predicted molar refractivity (Wildman–Crippen MR) is 94.4 cm³/mol. The molecule has 0 bridgehead atoms. The van der Waals surface area contributed by atoms with Crippen molar-refractivity contribution in [1.29, 1.82) is 0 Å². The van der Waals surface area contributed by atoms with Gasteiger partial charge >= 0.3 is 6.03 Å². The SMILES string of the molecule is CCCCCCNC(=O)C(NC(=O)Nc1ccccc1)C(C)C. The van der Waals surface area contributed by atoms with E-state index >= 15 is 0 Å². The molecule has 1 rings (SSSR count). The maximum atomic E-state index is 12.3. The van der Waals surface area contributed by atoms with Gasteiger partial charge in [0.25, 0.3) is 0 Å². The van der Waals surface area contributed by atoms with Crippen LogP contribution in [0, 0.1) is 5.92 Å². The molecule has 1 atom stereocenters. The highest BCUT2D eigenvalue weighted by atomic mass is 16.2. The minimum Gasteiger partial charge on any atom is -0.354 e. The summed E-state index contributed by atoms with van der Waals surface area (Å²) in [5, 5.41) is 8.40. The van der Waals surface area contributed by atoms with Crippen LogP contribution in [0.25, 0.3) is 0 Å². The lowest BCUT2D eigenvalue weighted by atomic mass is 10.0. The average molecular weight is 319 g/mol. The van der Waals surface area contributed by atoms with Crippen LogP contribution in [0.4, 0.5) is 10.5 Å². The van der Waals surface area contributed by atoms with Crippen LogP contribution in [0.1, 0.15) is 46.5 Å². The Kier molecular flexibility index (Phi) is 8.80. The van der Waals surface area contributed by atoms with E-state index in [1.807, 2.05) is 32.0 Å². The second kappa shape index (κ2) is 10.6. The molecule has 3 N–H and O–H groups in total. The van der Waals surface area contributed by atoms with Gasteiger partial charge in [-0.05, 0) is 24.5 Å². The number of nitrogens with one attached hydrogen (secondary N) is 3. The number of carbonyl (C=O) groups excluding carboxylic acids is 2. The molecule has 0 aliphatic carbocycles. The lowest BCUT2D eigenvalue weighted by Gasteiger charge is -2.22. The first-order valence-electron chi connectivity index (χ1n) is 8.44. The Morgan fingerprint density at radius 2 is 1.74 bits per heavy atom. The molecule has 5 heteroatoms. The number of benzene rings is 1. The standard InChI is InChI=1S/C18H29N3O2/c1-4-5-6-10-13-19-17(22)16(14(2)3)21-18(23)20-15-11-8-7-9-12-15/h7-9,11-12,14,16H,4-6,10,13H2,1-3H3,(H,19,22)(H2,20,21,23). The molecule has 0 saturated heterocycles. The topological polar surface area (TPSA) is 70.2 Å². The summed E-state index contributed by atoms with van der Waals surface area (Å²) in [5.74, 6) is -0.105. The van der Waals surface area contributed by atoms with Crippen molar-refractivity contribution in [3.05, 3.63) is 30.3 Å². The Bertz CT molecular complexity index is 474. The van der Waals surface area contributed by atoms with Gasteiger partial charge in [0.05, 0.1) is 0 Å². The van der Waals surface area contributed by atoms with Gasteiger partial charge < -0.3 is 16.0 Å². The monoisotopic (exact) mass is 319 g/mol. The molecule has 0 heterocycles. The average Bonchev–Trinajstić information content (AvgIpc) is 2.53. The van der Waals surface area contributed by atoms with Crippen molar-refractivity contribution in [1.82, 2.24) is 10.6 Å². The highest BCUT2D eigenvalue weighted by Gasteiger charge is 2.23. The van der Waals surface area contributed by atoms with Gasteiger partial charge in [-0.3, -0.25) is 4.79 Å². The quantitative estimate of drug-likeness (QED) is 0.609. The third-order valence-electron chi connectivity index (χ3n) is 3.60. The third kappa shape index (κ3) is 7.68. The van der Waals surface area contributed by atoms with Crippen LogP contribution in [-0.4, -0.2) is 24.5 Å². The fourth-order valence-electron chi connectivity index (χ4n) is 2.24. The van der Waals surface area contributed by atoms with Crippen LogP contribution in [0.2, 0.25) is 0 Å². The summed E-state index contributed by atoms with van der Waals surface area (Å²) < 4.78 is 0. The highest BCUT2D eigenvalue weighted by Crippen LogP contribution is 2.07. The largest absolute Gasteiger partial charge is 0.354 e. The Morgan fingerprint density at radius 1 is 1.04 bits per heavy atom. The summed E-state index contributed by atoms with van der Waals surface area (Å²) >= 11 is 0. The number of unbranched alkanes of at least 4 members (excludes halogenated alkanes) is 3. The van der Waals surface area contributed by atoms with Crippen LogP contribution in [0.5, 0.6) is 0 Å². The van der Waals surface area contributed by atoms with Crippen molar-refractivity contribution in [2.45, 2.75) is 52.5 Å². The molecule has 1 unspecified atom stereocenters. The summed E-state index contributed by atoms with van der Waals surface area (Å²) in [6, 6.07) is 8.28. The maximum Gasteiger partial charge on any atom is 0.319 e. The minimum atomic E-state index is -0.537. The number of rotatable bonds is 9. The number of carbonyl (C=O) groups is 2. The molecular formula is C18H29N3O2. The molecule has 1 aromatic rings. The fourth-order valence-corrected chi connectivity index (χ4v) is 2.24. The van der Waals surface area contributed by atoms with Crippen molar-refractivity contribution in [3.8, 4) is 0 Å². The van der Waals surface area contributed by atoms with E-state index in [4.69, 9.17) is 0 Å². The Balaban J connectivity index is 2.44. The van der Waals surface area contributed by atoms with Crippen molar-refractivity contribution in [3.63, 3.8) is 0 Å². The van der Waals surface area contributed by atoms with Crippen LogP contribution in [-0.2, 0) is 4.79 Å². The zero-order valence-electron chi connectivity index (χ0n) is 14.4. The number of hydrogen-bond donors (Lipinski definition) is 3. The molecule has 1 aromatic carbocycles. The Labute approximate surface area is 139 Å². The minimum absolute atomic E-state index is 0.0205. The maximum absolute atomic E-state index is 12.3. The van der Waals surface area contributed by atoms with Gasteiger partial charge in [0, 0.05) is 12.2 Å². The van der Waals surface area contributed by atoms with E-state index in [1.54, 1.807) is 12.1 Å². The fraction of sp³-hybridized carbons (Fsp3) is 0.556. The van der Waals surface area contributed by atoms with Gasteiger partial charge in [-0.25, -0.2) is 4.79 Å². The summed E-state index contributed by atoms with van der Waals surface area (Å²) in [6.07, 6.45) is 4.44. The number of hydrogen-bond acceptors (Lipinski definition) is 2. The molecule has 0 aromatic heterocycles. The summed E-state index contributed by atoms with van der Waals surface area (Å²) in [5.41, 5.74) is 0.701. The molecule has 3 amide bonds. The van der Waals surface area contributed by atoms with Crippen LogP contribution in [0.15, 0.2) is 30.3 Å². The first-order valence-corrected chi connectivity index (χ1v) is 8.44. The lowest BCUT2D eigenvalue weighted by Crippen LogP contribution is -2.51. The molecule has 23 heavy (non-hydrogen) atoms. The van der Waals surface area contributed by atoms with Gasteiger partial charge in [0.2, 0.25) is 5.91 Å². The normalized spacial score (nSPS) is 11.8. The molecule has 5 nitrogen and oxygen atoms in total. The smallest absolute Gasteiger partial charge is 0.319 e. The van der Waals surface area contributed by atoms with E-state index < -0.39 is 6.04 Å². The van der Waals surface area contributed by atoms with Crippen molar-refractivity contribution in [2.75, 3.05) is 11.9 Å². The molecular weight excluding hydrogens is 290 g/mol. The van der Waals surface area contributed by atoms with E-state index in [0.29, 0.717) is 12.2 Å². The van der Waals surface area contributed by atoms with Crippen LogP contribution in [0.3, 0.4) is 0 Å². The number of para-hydroxylation sites is 1. The molecule has 0 aliphatic rings. The van der Waals surface area contributed by atoms with Gasteiger partial charge in [-0.1, -0.05) is 58.2 Å². The van der Waals surface area contributed by atoms with E-state index in [1.165, 1.54) is 12.8 Å². The van der Waals surface area contributed by atoms with Gasteiger partial charge in [-0.2, -0.15) is 0 Å². The first kappa shape index (κ1) is 19.0. The second-order valence-corrected chi connectivity index (χ2v) is 6.04. The number of amides is 3. The highest BCUT2D eigenvalue weighted by molar-refractivity contribution is 5.93. The van der Waals surface area contributed by atoms with Gasteiger partial charge in [-0.15, -0.1) is 0 Å². The molecule has 0 aliphatic heterocycles. The van der Waals surface area contributed by atoms with Crippen molar-refractivity contribution in [2.24, 2.45) is 5.92 Å². The van der Waals surface area contributed by atoms with Crippen molar-refractivity contribution >= 4 is 17.6 Å². The first-order chi connectivity index (χ1) is 11.0. The zero-order chi connectivity index (χ0) is 17.1. The summed E-state index contributed by atoms with van der Waals surface area (Å²) in [6.45, 7) is 6.65. The number of anilines is 1. The predicted octanol–water partition coefficient (Wildman–Crippen LogP) is 3.53. The van der Waals surface area contributed by atoms with E-state index in [9.17, 15) is 9.59 Å². The van der Waals surface area contributed by atoms with Crippen LogP contribution >= 0.6 is 0 Å². The molecule has 0 spiro atoms. The molecule has 0 radical (unpaired) electrons. The van der Waals surface area contributed by atoms with Crippen LogP contribution < -0.4 is 16.0 Å². The molecule has 0 saturated carbocycles. The molecule has 128 valence electrons. The zero-order valence-corrected chi connectivity index (χ0v) is 14.4. The molecule has 0 fully saturated rings. The summed E-state index contributed by atoms with van der Waals surface area (Å²) in [4.78, 5) is 24.3. The van der Waals surface area contributed by atoms with E-state index in [-0.39, 0.29) is 17.9 Å². The third-order valence-corrected chi connectivity index (χ3v) is 3.60. The van der Waals surface area contributed by atoms with Crippen molar-refractivity contribution < 1.29 is 9.59 Å². The second-order valence-electron chi connectivity index (χ2n) is 6.04. The Hall–Kier alpha value is -2.04. The van der Waals surface area contributed by atoms with Gasteiger partial charge in [0.1, 0.15) is 6.04 Å². The van der Waals surface area contributed by atoms with Gasteiger partial charge in [0.15, 0.2) is 0 Å². The van der Waals surface area contributed by atoms with E-state index in [2.05, 4.69) is 22.9 Å².